The van der Waals surface area contributed by atoms with Crippen molar-refractivity contribution in [2.75, 3.05) is 5.75 Å². The number of thioether (sulfide) groups is 2. The molecule has 1 aromatic carbocycles. The number of carbonyl (C=O) groups excluding carboxylic acids is 2. The lowest BCUT2D eigenvalue weighted by Gasteiger charge is -2.48. The number of β-lactam (4-membered cyclic amide) rings is 1. The summed E-state index contributed by atoms with van der Waals surface area (Å²) in [6, 6.07) is 9.83. The predicted octanol–water partition coefficient (Wildman–Crippen LogP) is 2.41. The molecular weight excluding hydrogens is 358 g/mol. The van der Waals surface area contributed by atoms with Crippen molar-refractivity contribution in [3.8, 4) is 0 Å². The smallest absolute Gasteiger partial charge is 0.355 e. The minimum atomic E-state index is -0.488. The van der Waals surface area contributed by atoms with Crippen LogP contribution in [-0.4, -0.2) is 43.1 Å². The fourth-order valence-corrected chi connectivity index (χ4v) is 5.27. The molecule has 2 aliphatic heterocycles. The van der Waals surface area contributed by atoms with E-state index in [1.54, 1.807) is 46.9 Å². The molecule has 2 aliphatic rings. The molecule has 0 bridgehead atoms. The standard InChI is InChI=1S/C17H15N3O3S2/c21-15-14(25-11-4-2-1-3-5-11)16-20(15)12(6-9-24-16)17(22)23-10-13-18-7-8-19-13/h1-8,14,16H,9-10H2,(H,18,19)/t14?,16-/m0/s1. The molecule has 4 rings (SSSR count). The number of fused-ring (bicyclic) bond motifs is 1. The second kappa shape index (κ2) is 6.97. The second-order valence-corrected chi connectivity index (χ2v) is 7.85. The van der Waals surface area contributed by atoms with E-state index in [1.807, 2.05) is 30.3 Å². The quantitative estimate of drug-likeness (QED) is 0.641. The van der Waals surface area contributed by atoms with Gasteiger partial charge in [-0.3, -0.25) is 9.69 Å². The topological polar surface area (TPSA) is 75.3 Å². The number of nitrogens with one attached hydrogen (secondary N) is 1. The van der Waals surface area contributed by atoms with Gasteiger partial charge in [-0.1, -0.05) is 18.2 Å². The zero-order valence-corrected chi connectivity index (χ0v) is 14.8. The molecule has 1 unspecified atom stereocenters. The second-order valence-electron chi connectivity index (χ2n) is 5.49. The monoisotopic (exact) mass is 373 g/mol. The Hall–Kier alpha value is -2.19. The molecule has 0 radical (unpaired) electrons. The van der Waals surface area contributed by atoms with Crippen molar-refractivity contribution in [1.29, 1.82) is 0 Å². The zero-order valence-electron chi connectivity index (χ0n) is 13.1. The number of aromatic amines is 1. The van der Waals surface area contributed by atoms with Gasteiger partial charge in [0.05, 0.1) is 0 Å². The number of esters is 1. The Bertz CT molecular complexity index is 808. The molecule has 6 nitrogen and oxygen atoms in total. The van der Waals surface area contributed by atoms with Crippen LogP contribution in [0.1, 0.15) is 5.82 Å². The average molecular weight is 373 g/mol. The lowest BCUT2D eigenvalue weighted by atomic mass is 10.1. The Kier molecular flexibility index (Phi) is 4.54. The van der Waals surface area contributed by atoms with E-state index in [9.17, 15) is 9.59 Å². The van der Waals surface area contributed by atoms with Crippen molar-refractivity contribution >= 4 is 35.4 Å². The minimum absolute atomic E-state index is 0.0335. The van der Waals surface area contributed by atoms with Crippen LogP contribution in [0.4, 0.5) is 0 Å². The van der Waals surface area contributed by atoms with Crippen molar-refractivity contribution in [3.05, 3.63) is 60.3 Å². The van der Waals surface area contributed by atoms with E-state index in [1.165, 1.54) is 0 Å². The van der Waals surface area contributed by atoms with Crippen molar-refractivity contribution in [2.24, 2.45) is 0 Å². The molecule has 25 heavy (non-hydrogen) atoms. The Morgan fingerprint density at radius 2 is 2.24 bits per heavy atom. The van der Waals surface area contributed by atoms with Crippen LogP contribution < -0.4 is 0 Å². The molecule has 1 N–H and O–H groups in total. The summed E-state index contributed by atoms with van der Waals surface area (Å²) >= 11 is 3.21. The van der Waals surface area contributed by atoms with Gasteiger partial charge in [-0.25, -0.2) is 9.78 Å². The highest BCUT2D eigenvalue weighted by atomic mass is 32.2. The first-order valence-corrected chi connectivity index (χ1v) is 9.69. The fourth-order valence-electron chi connectivity index (χ4n) is 2.70. The zero-order chi connectivity index (χ0) is 17.2. The summed E-state index contributed by atoms with van der Waals surface area (Å²) in [7, 11) is 0. The van der Waals surface area contributed by atoms with Gasteiger partial charge in [-0.15, -0.1) is 23.5 Å². The number of hydrogen-bond donors (Lipinski definition) is 1. The van der Waals surface area contributed by atoms with Gasteiger partial charge in [-0.2, -0.15) is 0 Å². The highest BCUT2D eigenvalue weighted by Gasteiger charge is 2.52. The Morgan fingerprint density at radius 3 is 3.00 bits per heavy atom. The molecule has 3 heterocycles. The number of aromatic nitrogens is 2. The molecule has 128 valence electrons. The van der Waals surface area contributed by atoms with Gasteiger partial charge in [-0.05, 0) is 18.2 Å². The lowest BCUT2D eigenvalue weighted by molar-refractivity contribution is -0.149. The first-order chi connectivity index (χ1) is 12.2. The highest BCUT2D eigenvalue weighted by Crippen LogP contribution is 2.45. The summed E-state index contributed by atoms with van der Waals surface area (Å²) in [4.78, 5) is 34.4. The maximum Gasteiger partial charge on any atom is 0.355 e. The van der Waals surface area contributed by atoms with Crippen molar-refractivity contribution in [2.45, 2.75) is 22.1 Å². The van der Waals surface area contributed by atoms with Crippen LogP contribution in [0.3, 0.4) is 0 Å². The number of ether oxygens (including phenoxy) is 1. The van der Waals surface area contributed by atoms with Gasteiger partial charge in [0, 0.05) is 23.0 Å². The normalized spacial score (nSPS) is 22.0. The molecule has 1 amide bonds. The number of benzene rings is 1. The molecule has 8 heteroatoms. The summed E-state index contributed by atoms with van der Waals surface area (Å²) < 4.78 is 5.27. The molecule has 2 aromatic rings. The Morgan fingerprint density at radius 1 is 1.40 bits per heavy atom. The lowest BCUT2D eigenvalue weighted by Crippen LogP contribution is -2.63. The Balaban J connectivity index is 1.41. The number of nitrogens with zero attached hydrogens (tertiary/aromatic N) is 2. The van der Waals surface area contributed by atoms with Gasteiger partial charge in [0.1, 0.15) is 28.8 Å². The number of carbonyl (C=O) groups is 2. The number of hydrogen-bond acceptors (Lipinski definition) is 6. The van der Waals surface area contributed by atoms with Gasteiger partial charge in [0.15, 0.2) is 0 Å². The third-order valence-corrected chi connectivity index (χ3v) is 6.52. The van der Waals surface area contributed by atoms with E-state index in [4.69, 9.17) is 4.74 Å². The SMILES string of the molecule is O=C(OCc1ncc[nH]1)C1=CCS[C@H]2C(Sc3ccccc3)C(=O)N12. The number of imidazole rings is 1. The average Bonchev–Trinajstić information content (AvgIpc) is 3.18. The third kappa shape index (κ3) is 3.19. The minimum Gasteiger partial charge on any atom is -0.453 e. The van der Waals surface area contributed by atoms with Crippen molar-refractivity contribution in [3.63, 3.8) is 0 Å². The van der Waals surface area contributed by atoms with E-state index in [0.29, 0.717) is 17.3 Å². The van der Waals surface area contributed by atoms with Gasteiger partial charge in [0.25, 0.3) is 0 Å². The molecule has 0 saturated carbocycles. The molecule has 2 atom stereocenters. The van der Waals surface area contributed by atoms with Gasteiger partial charge >= 0.3 is 5.97 Å². The van der Waals surface area contributed by atoms with Crippen LogP contribution >= 0.6 is 23.5 Å². The van der Waals surface area contributed by atoms with E-state index >= 15 is 0 Å². The number of amides is 1. The van der Waals surface area contributed by atoms with Gasteiger partial charge < -0.3 is 9.72 Å². The summed E-state index contributed by atoms with van der Waals surface area (Å²) in [5, 5.41) is -0.206. The number of rotatable bonds is 5. The predicted molar refractivity (Wildman–Crippen MR) is 95.6 cm³/mol. The number of H-pyrrole nitrogens is 1. The summed E-state index contributed by atoms with van der Waals surface area (Å²) in [5.41, 5.74) is 0.338. The van der Waals surface area contributed by atoms with Crippen molar-refractivity contribution in [1.82, 2.24) is 14.9 Å². The molecular formula is C17H15N3O3S2. The van der Waals surface area contributed by atoms with E-state index in [2.05, 4.69) is 9.97 Å². The maximum atomic E-state index is 12.6. The van der Waals surface area contributed by atoms with E-state index < -0.39 is 5.97 Å². The fraction of sp³-hybridized carbons (Fsp3) is 0.235. The van der Waals surface area contributed by atoms with Gasteiger partial charge in [0.2, 0.25) is 5.91 Å². The van der Waals surface area contributed by atoms with Crippen LogP contribution in [0.15, 0.2) is 59.4 Å². The first kappa shape index (κ1) is 16.3. The molecule has 1 fully saturated rings. The van der Waals surface area contributed by atoms with E-state index in [0.717, 1.165) is 4.90 Å². The van der Waals surface area contributed by atoms with E-state index in [-0.39, 0.29) is 23.1 Å². The first-order valence-electron chi connectivity index (χ1n) is 7.76. The van der Waals surface area contributed by atoms with Crippen LogP contribution in [-0.2, 0) is 20.9 Å². The van der Waals surface area contributed by atoms with Crippen LogP contribution in [0, 0.1) is 0 Å². The van der Waals surface area contributed by atoms with Crippen LogP contribution in [0.2, 0.25) is 0 Å². The third-order valence-electron chi connectivity index (χ3n) is 3.91. The summed E-state index contributed by atoms with van der Waals surface area (Å²) in [6.45, 7) is 0.0607. The van der Waals surface area contributed by atoms with Crippen molar-refractivity contribution < 1.29 is 14.3 Å². The Labute approximate surface area is 153 Å². The molecule has 0 aliphatic carbocycles. The maximum absolute atomic E-state index is 12.6. The summed E-state index contributed by atoms with van der Waals surface area (Å²) in [5.74, 6) is 0.722. The highest BCUT2D eigenvalue weighted by molar-refractivity contribution is 8.04. The summed E-state index contributed by atoms with van der Waals surface area (Å²) in [6.07, 6.45) is 5.02. The molecule has 1 saturated heterocycles. The largest absolute Gasteiger partial charge is 0.453 e. The molecule has 1 aromatic heterocycles. The van der Waals surface area contributed by atoms with Crippen LogP contribution in [0.5, 0.6) is 0 Å². The van der Waals surface area contributed by atoms with Crippen LogP contribution in [0.25, 0.3) is 0 Å². The molecule has 0 spiro atoms.